The minimum atomic E-state index is -1.52. The normalized spacial score (nSPS) is 24.6. The molecule has 0 aromatic heterocycles. The number of halogens is 1. The molecule has 8 rings (SSSR count). The van der Waals surface area contributed by atoms with Crippen molar-refractivity contribution in [2.24, 2.45) is 0 Å². The number of ether oxygens (including phenoxy) is 5. The van der Waals surface area contributed by atoms with E-state index < -0.39 is 35.6 Å². The molecule has 0 amide bonds. The van der Waals surface area contributed by atoms with Crippen molar-refractivity contribution in [2.75, 3.05) is 6.61 Å². The molecule has 2 heterocycles. The van der Waals surface area contributed by atoms with Crippen LogP contribution < -0.4 is 0 Å². The maximum Gasteiger partial charge on any atom is 0.264 e. The first kappa shape index (κ1) is 34.3. The quantitative estimate of drug-likeness (QED) is 0.128. The summed E-state index contributed by atoms with van der Waals surface area (Å²) in [6, 6.07) is 49.9. The van der Waals surface area contributed by atoms with Crippen LogP contribution >= 0.6 is 34.4 Å². The molecule has 51 heavy (non-hydrogen) atoms. The number of nitrogens with zero attached hydrogens (tertiary/aromatic N) is 1. The zero-order valence-corrected chi connectivity index (χ0v) is 30.7. The van der Waals surface area contributed by atoms with Crippen LogP contribution in [0.1, 0.15) is 16.7 Å². The van der Waals surface area contributed by atoms with E-state index in [4.69, 9.17) is 23.7 Å². The Morgan fingerprint density at radius 3 is 1.94 bits per heavy atom. The van der Waals surface area contributed by atoms with Gasteiger partial charge in [0, 0.05) is 14.9 Å². The average molecular weight is 806 g/mol. The van der Waals surface area contributed by atoms with Crippen molar-refractivity contribution < 1.29 is 23.7 Å². The summed E-state index contributed by atoms with van der Waals surface area (Å²) in [7, 11) is 0. The van der Waals surface area contributed by atoms with Gasteiger partial charge in [-0.15, -0.1) is 0 Å². The van der Waals surface area contributed by atoms with Crippen molar-refractivity contribution in [1.29, 1.82) is 5.26 Å². The van der Waals surface area contributed by atoms with Crippen LogP contribution in [-0.2, 0) is 43.3 Å². The van der Waals surface area contributed by atoms with E-state index in [0.29, 0.717) is 13.2 Å². The Bertz CT molecular complexity index is 2180. The van der Waals surface area contributed by atoms with E-state index in [1.807, 2.05) is 66.7 Å². The largest absolute Gasteiger partial charge is 0.368 e. The molecule has 256 valence electrons. The Labute approximate surface area is 315 Å². The third kappa shape index (κ3) is 7.71. The van der Waals surface area contributed by atoms with Crippen LogP contribution in [0.2, 0.25) is 0 Å². The van der Waals surface area contributed by atoms with Crippen LogP contribution in [0, 0.1) is 14.9 Å². The first-order chi connectivity index (χ1) is 25.1. The maximum atomic E-state index is 10.6. The van der Waals surface area contributed by atoms with Crippen molar-refractivity contribution in [3.05, 3.63) is 160 Å². The second-order valence-electron chi connectivity index (χ2n) is 12.9. The molecule has 2 aliphatic heterocycles. The summed E-state index contributed by atoms with van der Waals surface area (Å²) in [6.07, 6.45) is -1.97. The predicted molar refractivity (Wildman–Crippen MR) is 208 cm³/mol. The monoisotopic (exact) mass is 805 g/mol. The number of benzene rings is 6. The van der Waals surface area contributed by atoms with Gasteiger partial charge in [0.05, 0.1) is 19.8 Å². The van der Waals surface area contributed by atoms with Gasteiger partial charge in [-0.25, -0.2) is 0 Å². The standard InChI is InChI=1S/C43H36INO5S/c44-37-17-9-8-14-35(37)24-43(28-45)48-27-38-39(50-43)40(46-25-29-18-20-31-10-4-6-12-33(31)22-29)41(42(49-38)51-36-15-2-1-3-16-36)47-26-30-19-21-32-11-5-7-13-34(32)23-30/h1-23,38-42H,24-27H2/t38-,39-,40+,41-,42+,43+/m1/s1. The molecule has 8 heteroatoms. The lowest BCUT2D eigenvalue weighted by Crippen LogP contribution is -2.66. The molecule has 0 saturated carbocycles. The summed E-state index contributed by atoms with van der Waals surface area (Å²) >= 11 is 3.89. The van der Waals surface area contributed by atoms with Gasteiger partial charge in [-0.2, -0.15) is 5.26 Å². The number of fused-ring (bicyclic) bond motifs is 3. The van der Waals surface area contributed by atoms with Crippen LogP contribution in [0.3, 0.4) is 0 Å². The molecule has 6 atom stereocenters. The first-order valence-electron chi connectivity index (χ1n) is 17.1. The van der Waals surface area contributed by atoms with E-state index in [0.717, 1.165) is 35.9 Å². The SMILES string of the molecule is N#C[C@@]1(Cc2ccccc2I)OC[C@H]2O[C@@H](Sc3ccccc3)[C@H](OCc3ccc4ccccc4c3)[C@@H](OCc3ccc4ccccc4c3)[C@@H]2O1. The van der Waals surface area contributed by atoms with Gasteiger partial charge in [-0.3, -0.25) is 0 Å². The molecule has 0 spiro atoms. The Balaban J connectivity index is 1.14. The molecule has 2 saturated heterocycles. The Hall–Kier alpha value is -3.79. The van der Waals surface area contributed by atoms with Gasteiger partial charge in [0.2, 0.25) is 0 Å². The van der Waals surface area contributed by atoms with E-state index in [2.05, 4.69) is 101 Å². The fourth-order valence-electron chi connectivity index (χ4n) is 6.84. The van der Waals surface area contributed by atoms with E-state index in [1.165, 1.54) is 10.8 Å². The molecular weight excluding hydrogens is 769 g/mol. The average Bonchev–Trinajstić information content (AvgIpc) is 3.17. The summed E-state index contributed by atoms with van der Waals surface area (Å²) in [5, 5.41) is 15.3. The molecular formula is C43H36INO5S. The molecule has 0 bridgehead atoms. The molecule has 6 aromatic carbocycles. The molecule has 0 aliphatic carbocycles. The molecule has 0 unspecified atom stereocenters. The lowest BCUT2D eigenvalue weighted by molar-refractivity contribution is -0.350. The molecule has 2 fully saturated rings. The zero-order valence-electron chi connectivity index (χ0n) is 27.8. The van der Waals surface area contributed by atoms with Gasteiger partial charge in [-0.1, -0.05) is 121 Å². The van der Waals surface area contributed by atoms with E-state index in [1.54, 1.807) is 11.8 Å². The van der Waals surface area contributed by atoms with E-state index in [-0.39, 0.29) is 13.0 Å². The smallest absolute Gasteiger partial charge is 0.264 e. The molecule has 2 aliphatic rings. The third-order valence-corrected chi connectivity index (χ3v) is 11.7. The molecule has 6 nitrogen and oxygen atoms in total. The highest BCUT2D eigenvalue weighted by Crippen LogP contribution is 2.42. The summed E-state index contributed by atoms with van der Waals surface area (Å²) in [5.74, 6) is -1.52. The van der Waals surface area contributed by atoms with Gasteiger partial charge in [-0.05, 0) is 91.2 Å². The Kier molecular flexibility index (Phi) is 10.4. The second kappa shape index (κ2) is 15.4. The molecule has 0 radical (unpaired) electrons. The van der Waals surface area contributed by atoms with E-state index >= 15 is 0 Å². The van der Waals surface area contributed by atoms with Crippen molar-refractivity contribution in [3.8, 4) is 6.07 Å². The van der Waals surface area contributed by atoms with Crippen LogP contribution in [0.25, 0.3) is 21.5 Å². The lowest BCUT2D eigenvalue weighted by atomic mass is 9.96. The highest BCUT2D eigenvalue weighted by Gasteiger charge is 2.55. The maximum absolute atomic E-state index is 10.6. The van der Waals surface area contributed by atoms with E-state index in [9.17, 15) is 5.26 Å². The fraction of sp³-hybridized carbons (Fsp3) is 0.233. The van der Waals surface area contributed by atoms with Gasteiger partial charge >= 0.3 is 0 Å². The van der Waals surface area contributed by atoms with Gasteiger partial charge in [0.25, 0.3) is 5.79 Å². The zero-order chi connectivity index (χ0) is 34.6. The Morgan fingerprint density at radius 2 is 1.29 bits per heavy atom. The minimum absolute atomic E-state index is 0.181. The van der Waals surface area contributed by atoms with Gasteiger partial charge in [0.1, 0.15) is 35.9 Å². The van der Waals surface area contributed by atoms with Crippen LogP contribution in [-0.4, -0.2) is 42.2 Å². The van der Waals surface area contributed by atoms with Crippen molar-refractivity contribution in [2.45, 2.75) is 60.2 Å². The van der Waals surface area contributed by atoms with Crippen molar-refractivity contribution in [1.82, 2.24) is 0 Å². The number of nitriles is 1. The highest BCUT2D eigenvalue weighted by atomic mass is 127. The summed E-state index contributed by atoms with van der Waals surface area (Å²) < 4.78 is 34.7. The van der Waals surface area contributed by atoms with Crippen LogP contribution in [0.4, 0.5) is 0 Å². The lowest BCUT2D eigenvalue weighted by Gasteiger charge is -2.50. The first-order valence-corrected chi connectivity index (χ1v) is 19.0. The van der Waals surface area contributed by atoms with Crippen molar-refractivity contribution in [3.63, 3.8) is 0 Å². The number of hydrogen-bond acceptors (Lipinski definition) is 7. The highest BCUT2D eigenvalue weighted by molar-refractivity contribution is 14.1. The van der Waals surface area contributed by atoms with Crippen LogP contribution in [0.15, 0.2) is 144 Å². The minimum Gasteiger partial charge on any atom is -0.368 e. The summed E-state index contributed by atoms with van der Waals surface area (Å²) in [6.45, 7) is 0.860. The summed E-state index contributed by atoms with van der Waals surface area (Å²) in [4.78, 5) is 1.05. The van der Waals surface area contributed by atoms with Crippen molar-refractivity contribution >= 4 is 55.9 Å². The molecule has 0 N–H and O–H groups in total. The fourth-order valence-corrected chi connectivity index (χ4v) is 8.57. The molecule has 6 aromatic rings. The number of hydrogen-bond donors (Lipinski definition) is 0. The summed E-state index contributed by atoms with van der Waals surface area (Å²) in [5.41, 5.74) is 2.62. The van der Waals surface area contributed by atoms with Gasteiger partial charge in [0.15, 0.2) is 0 Å². The Morgan fingerprint density at radius 1 is 0.706 bits per heavy atom. The topological polar surface area (TPSA) is 69.9 Å². The number of thioether (sulfide) groups is 1. The van der Waals surface area contributed by atoms with Gasteiger partial charge < -0.3 is 23.7 Å². The third-order valence-electron chi connectivity index (χ3n) is 9.46. The second-order valence-corrected chi connectivity index (χ2v) is 15.2. The predicted octanol–water partition coefficient (Wildman–Crippen LogP) is 9.46. The van der Waals surface area contributed by atoms with Crippen LogP contribution in [0.5, 0.6) is 0 Å². The number of rotatable bonds is 10.